The summed E-state index contributed by atoms with van der Waals surface area (Å²) in [7, 11) is 0. The second-order valence-corrected chi connectivity index (χ2v) is 5.27. The standard InChI is InChI=1S/C14H11Cl3N2O/c15-11-2-1-3-12(16)10(11)7-20-8-4-5-9(14(18)19)13(17)6-8/h1-6H,7H2,(H3,18,19). The van der Waals surface area contributed by atoms with E-state index in [4.69, 9.17) is 50.7 Å². The minimum absolute atomic E-state index is 0.0873. The molecular formula is C14H11Cl3N2O. The van der Waals surface area contributed by atoms with Gasteiger partial charge in [0.15, 0.2) is 0 Å². The van der Waals surface area contributed by atoms with Crippen LogP contribution in [0, 0.1) is 5.41 Å². The quantitative estimate of drug-likeness (QED) is 0.640. The van der Waals surface area contributed by atoms with E-state index in [1.54, 1.807) is 36.4 Å². The number of rotatable bonds is 4. The summed E-state index contributed by atoms with van der Waals surface area (Å²) in [4.78, 5) is 0. The molecule has 2 aromatic rings. The first-order valence-electron chi connectivity index (χ1n) is 5.68. The van der Waals surface area contributed by atoms with Crippen molar-refractivity contribution in [1.29, 1.82) is 5.41 Å². The predicted octanol–water partition coefficient (Wildman–Crippen LogP) is 4.51. The van der Waals surface area contributed by atoms with Gasteiger partial charge < -0.3 is 10.5 Å². The Labute approximate surface area is 131 Å². The van der Waals surface area contributed by atoms with Gasteiger partial charge in [-0.05, 0) is 30.3 Å². The Morgan fingerprint density at radius 1 is 1.05 bits per heavy atom. The fourth-order valence-corrected chi connectivity index (χ4v) is 2.41. The van der Waals surface area contributed by atoms with E-state index in [2.05, 4.69) is 0 Å². The maximum absolute atomic E-state index is 7.36. The van der Waals surface area contributed by atoms with Crippen molar-refractivity contribution < 1.29 is 4.74 Å². The highest BCUT2D eigenvalue weighted by molar-refractivity contribution is 6.36. The maximum Gasteiger partial charge on any atom is 0.124 e. The molecule has 0 atom stereocenters. The Kier molecular flexibility index (Phi) is 4.76. The summed E-state index contributed by atoms with van der Waals surface area (Å²) in [5, 5.41) is 8.81. The molecule has 2 aromatic carbocycles. The molecule has 6 heteroatoms. The number of hydrogen-bond acceptors (Lipinski definition) is 2. The summed E-state index contributed by atoms with van der Waals surface area (Å²) in [5.74, 6) is 0.465. The summed E-state index contributed by atoms with van der Waals surface area (Å²) in [6, 6.07) is 10.2. The lowest BCUT2D eigenvalue weighted by Crippen LogP contribution is -2.11. The molecule has 3 nitrogen and oxygen atoms in total. The van der Waals surface area contributed by atoms with Gasteiger partial charge in [-0.15, -0.1) is 0 Å². The highest BCUT2D eigenvalue weighted by Gasteiger charge is 2.08. The zero-order chi connectivity index (χ0) is 14.7. The van der Waals surface area contributed by atoms with Crippen molar-refractivity contribution >= 4 is 40.6 Å². The van der Waals surface area contributed by atoms with E-state index in [0.29, 0.717) is 31.9 Å². The van der Waals surface area contributed by atoms with Crippen molar-refractivity contribution in [2.24, 2.45) is 5.73 Å². The van der Waals surface area contributed by atoms with Crippen LogP contribution in [0.5, 0.6) is 5.75 Å². The zero-order valence-corrected chi connectivity index (χ0v) is 12.6. The fraction of sp³-hybridized carbons (Fsp3) is 0.0714. The van der Waals surface area contributed by atoms with Crippen LogP contribution in [0.2, 0.25) is 15.1 Å². The van der Waals surface area contributed by atoms with E-state index >= 15 is 0 Å². The largest absolute Gasteiger partial charge is 0.489 e. The van der Waals surface area contributed by atoms with Gasteiger partial charge in [0.05, 0.1) is 5.02 Å². The van der Waals surface area contributed by atoms with Gasteiger partial charge in [0.2, 0.25) is 0 Å². The van der Waals surface area contributed by atoms with Gasteiger partial charge in [-0.2, -0.15) is 0 Å². The Hall–Kier alpha value is -1.42. The Balaban J connectivity index is 2.16. The van der Waals surface area contributed by atoms with Crippen molar-refractivity contribution in [3.8, 4) is 5.75 Å². The molecule has 0 aliphatic carbocycles. The third-order valence-electron chi connectivity index (χ3n) is 2.68. The number of nitrogen functional groups attached to an aromatic ring is 1. The average Bonchev–Trinajstić information content (AvgIpc) is 2.37. The van der Waals surface area contributed by atoms with E-state index in [1.165, 1.54) is 0 Å². The molecule has 0 amide bonds. The zero-order valence-electron chi connectivity index (χ0n) is 10.3. The first-order valence-corrected chi connectivity index (χ1v) is 6.82. The van der Waals surface area contributed by atoms with Crippen LogP contribution >= 0.6 is 34.8 Å². The summed E-state index contributed by atoms with van der Waals surface area (Å²) in [6.07, 6.45) is 0. The average molecular weight is 330 g/mol. The van der Waals surface area contributed by atoms with Gasteiger partial charge in [-0.3, -0.25) is 5.41 Å². The van der Waals surface area contributed by atoms with Gasteiger partial charge in [0.1, 0.15) is 18.2 Å². The summed E-state index contributed by atoms with van der Waals surface area (Å²) < 4.78 is 5.60. The van der Waals surface area contributed by atoms with Crippen LogP contribution in [0.15, 0.2) is 36.4 Å². The number of hydrogen-bond donors (Lipinski definition) is 2. The predicted molar refractivity (Wildman–Crippen MR) is 83.3 cm³/mol. The Bertz CT molecular complexity index is 639. The fourth-order valence-electron chi connectivity index (χ4n) is 1.63. The third kappa shape index (κ3) is 3.37. The molecule has 104 valence electrons. The summed E-state index contributed by atoms with van der Waals surface area (Å²) in [6.45, 7) is 0.230. The van der Waals surface area contributed by atoms with Crippen LogP contribution in [0.25, 0.3) is 0 Å². The Morgan fingerprint density at radius 2 is 1.70 bits per heavy atom. The molecule has 0 heterocycles. The van der Waals surface area contributed by atoms with E-state index in [0.717, 1.165) is 0 Å². The number of ether oxygens (including phenoxy) is 1. The minimum atomic E-state index is -0.0873. The molecule has 0 aromatic heterocycles. The molecule has 0 aliphatic heterocycles. The second-order valence-electron chi connectivity index (χ2n) is 4.04. The normalized spacial score (nSPS) is 10.3. The summed E-state index contributed by atoms with van der Waals surface area (Å²) in [5.41, 5.74) is 6.57. The molecule has 0 fully saturated rings. The molecule has 0 radical (unpaired) electrons. The molecular weight excluding hydrogens is 319 g/mol. The molecule has 0 aliphatic rings. The topological polar surface area (TPSA) is 59.1 Å². The lowest BCUT2D eigenvalue weighted by Gasteiger charge is -2.10. The maximum atomic E-state index is 7.36. The molecule has 3 N–H and O–H groups in total. The van der Waals surface area contributed by atoms with Gasteiger partial charge in [0, 0.05) is 21.2 Å². The van der Waals surface area contributed by atoms with Crippen molar-refractivity contribution in [2.75, 3.05) is 0 Å². The van der Waals surface area contributed by atoms with E-state index in [-0.39, 0.29) is 12.4 Å². The number of nitrogens with two attached hydrogens (primary N) is 1. The number of nitrogens with one attached hydrogen (secondary N) is 1. The SMILES string of the molecule is N=C(N)c1ccc(OCc2c(Cl)cccc2Cl)cc1Cl. The first kappa shape index (κ1) is 15.0. The van der Waals surface area contributed by atoms with Gasteiger partial charge in [0.25, 0.3) is 0 Å². The van der Waals surface area contributed by atoms with Crippen molar-refractivity contribution in [3.63, 3.8) is 0 Å². The smallest absolute Gasteiger partial charge is 0.124 e. The van der Waals surface area contributed by atoms with E-state index in [9.17, 15) is 0 Å². The van der Waals surface area contributed by atoms with Crippen LogP contribution in [0.3, 0.4) is 0 Å². The monoisotopic (exact) mass is 328 g/mol. The lowest BCUT2D eigenvalue weighted by molar-refractivity contribution is 0.306. The van der Waals surface area contributed by atoms with Gasteiger partial charge in [-0.1, -0.05) is 40.9 Å². The van der Waals surface area contributed by atoms with Crippen molar-refractivity contribution in [2.45, 2.75) is 6.61 Å². The van der Waals surface area contributed by atoms with Crippen LogP contribution in [-0.2, 0) is 6.61 Å². The lowest BCUT2D eigenvalue weighted by atomic mass is 10.2. The van der Waals surface area contributed by atoms with Gasteiger partial charge >= 0.3 is 0 Å². The van der Waals surface area contributed by atoms with Crippen LogP contribution in [-0.4, -0.2) is 5.84 Å². The highest BCUT2D eigenvalue weighted by atomic mass is 35.5. The Morgan fingerprint density at radius 3 is 2.25 bits per heavy atom. The molecule has 20 heavy (non-hydrogen) atoms. The van der Waals surface area contributed by atoms with Crippen LogP contribution in [0.1, 0.15) is 11.1 Å². The van der Waals surface area contributed by atoms with Crippen LogP contribution in [0.4, 0.5) is 0 Å². The molecule has 2 rings (SSSR count). The van der Waals surface area contributed by atoms with Gasteiger partial charge in [-0.25, -0.2) is 0 Å². The van der Waals surface area contributed by atoms with Crippen molar-refractivity contribution in [3.05, 3.63) is 62.6 Å². The number of amidine groups is 1. The molecule has 0 saturated heterocycles. The number of benzene rings is 2. The molecule has 0 spiro atoms. The third-order valence-corrected chi connectivity index (χ3v) is 3.70. The second kappa shape index (κ2) is 6.35. The van der Waals surface area contributed by atoms with Crippen LogP contribution < -0.4 is 10.5 Å². The molecule has 0 saturated carbocycles. The minimum Gasteiger partial charge on any atom is -0.489 e. The molecule has 0 bridgehead atoms. The highest BCUT2D eigenvalue weighted by Crippen LogP contribution is 2.27. The number of halogens is 3. The van der Waals surface area contributed by atoms with Crippen molar-refractivity contribution in [1.82, 2.24) is 0 Å². The first-order chi connectivity index (χ1) is 9.49. The van der Waals surface area contributed by atoms with E-state index in [1.807, 2.05) is 0 Å². The summed E-state index contributed by atoms with van der Waals surface area (Å²) >= 11 is 18.1. The molecule has 0 unspecified atom stereocenters. The van der Waals surface area contributed by atoms with E-state index < -0.39 is 0 Å².